The number of nitrogens with zero attached hydrogens (tertiary/aromatic N) is 2. The first-order valence-electron chi connectivity index (χ1n) is 3.78. The van der Waals surface area contributed by atoms with Crippen LogP contribution in [0.25, 0.3) is 0 Å². The number of hydrogen-bond acceptors (Lipinski definition) is 1. The Bertz CT molecular complexity index is 226. The predicted octanol–water partition coefficient (Wildman–Crippen LogP) is 1.61. The third-order valence-corrected chi connectivity index (χ3v) is 2.13. The molecule has 0 N–H and O–H groups in total. The minimum absolute atomic E-state index is 0.792. The summed E-state index contributed by atoms with van der Waals surface area (Å²) in [6.45, 7) is 2.10. The summed E-state index contributed by atoms with van der Waals surface area (Å²) >= 11 is 0. The summed E-state index contributed by atoms with van der Waals surface area (Å²) in [5.41, 5.74) is 2.56. The molecule has 1 aliphatic carbocycles. The molecule has 0 spiro atoms. The molecule has 1 aromatic rings. The third kappa shape index (κ3) is 0.838. The summed E-state index contributed by atoms with van der Waals surface area (Å²) in [6, 6.07) is 2.19. The molecule has 1 aromatic heterocycles. The Morgan fingerprint density at radius 1 is 1.60 bits per heavy atom. The van der Waals surface area contributed by atoms with Crippen molar-refractivity contribution in [2.45, 2.75) is 25.7 Å². The van der Waals surface area contributed by atoms with Gasteiger partial charge in [0.25, 0.3) is 0 Å². The van der Waals surface area contributed by atoms with Gasteiger partial charge in [0.15, 0.2) is 0 Å². The SMILES string of the molecule is Cc1cc(C2CC2)nn1C. The maximum absolute atomic E-state index is 4.39. The molecule has 1 heterocycles. The smallest absolute Gasteiger partial charge is 0.0658 e. The predicted molar refractivity (Wildman–Crippen MR) is 39.9 cm³/mol. The van der Waals surface area contributed by atoms with Crippen LogP contribution in [-0.2, 0) is 7.05 Å². The van der Waals surface area contributed by atoms with Crippen LogP contribution in [0.2, 0.25) is 0 Å². The number of aromatic nitrogens is 2. The highest BCUT2D eigenvalue weighted by Crippen LogP contribution is 2.39. The first kappa shape index (κ1) is 5.96. The Morgan fingerprint density at radius 2 is 2.30 bits per heavy atom. The van der Waals surface area contributed by atoms with Crippen LogP contribution in [-0.4, -0.2) is 9.78 Å². The van der Waals surface area contributed by atoms with Gasteiger partial charge in [-0.05, 0) is 25.8 Å². The summed E-state index contributed by atoms with van der Waals surface area (Å²) in [5, 5.41) is 4.39. The standard InChI is InChI=1S/C8H12N2/c1-6-5-8(7-3-4-7)9-10(6)2/h5,7H,3-4H2,1-2H3. The van der Waals surface area contributed by atoms with E-state index in [0.29, 0.717) is 0 Å². The molecule has 0 aromatic carbocycles. The second-order valence-corrected chi connectivity index (χ2v) is 3.11. The van der Waals surface area contributed by atoms with E-state index in [1.54, 1.807) is 0 Å². The lowest BCUT2D eigenvalue weighted by Gasteiger charge is -1.88. The Hall–Kier alpha value is -0.790. The molecule has 0 saturated heterocycles. The molecule has 10 heavy (non-hydrogen) atoms. The van der Waals surface area contributed by atoms with Crippen LogP contribution in [0.5, 0.6) is 0 Å². The second kappa shape index (κ2) is 1.84. The van der Waals surface area contributed by atoms with E-state index in [9.17, 15) is 0 Å². The number of hydrogen-bond donors (Lipinski definition) is 0. The molecule has 0 bridgehead atoms. The third-order valence-electron chi connectivity index (χ3n) is 2.13. The second-order valence-electron chi connectivity index (χ2n) is 3.11. The Kier molecular flexibility index (Phi) is 1.10. The summed E-state index contributed by atoms with van der Waals surface area (Å²) in [7, 11) is 2.00. The Morgan fingerprint density at radius 3 is 2.70 bits per heavy atom. The first-order chi connectivity index (χ1) is 4.77. The molecular formula is C8H12N2. The summed E-state index contributed by atoms with van der Waals surface area (Å²) in [6.07, 6.45) is 2.69. The van der Waals surface area contributed by atoms with E-state index in [-0.39, 0.29) is 0 Å². The van der Waals surface area contributed by atoms with E-state index in [2.05, 4.69) is 18.1 Å². The Labute approximate surface area is 60.9 Å². The van der Waals surface area contributed by atoms with Crippen molar-refractivity contribution in [1.82, 2.24) is 9.78 Å². The average molecular weight is 136 g/mol. The summed E-state index contributed by atoms with van der Waals surface area (Å²) in [5.74, 6) is 0.792. The zero-order valence-corrected chi connectivity index (χ0v) is 6.46. The molecule has 1 aliphatic rings. The molecule has 2 nitrogen and oxygen atoms in total. The lowest BCUT2D eigenvalue weighted by atomic mass is 10.3. The van der Waals surface area contributed by atoms with Crippen molar-refractivity contribution in [3.8, 4) is 0 Å². The van der Waals surface area contributed by atoms with Crippen molar-refractivity contribution < 1.29 is 0 Å². The van der Waals surface area contributed by atoms with Crippen molar-refractivity contribution in [2.24, 2.45) is 7.05 Å². The van der Waals surface area contributed by atoms with E-state index in [1.807, 2.05) is 11.7 Å². The molecule has 2 rings (SSSR count). The molecule has 1 fully saturated rings. The van der Waals surface area contributed by atoms with Gasteiger partial charge >= 0.3 is 0 Å². The number of rotatable bonds is 1. The van der Waals surface area contributed by atoms with Crippen LogP contribution in [0.1, 0.15) is 30.1 Å². The normalized spacial score (nSPS) is 17.8. The molecule has 54 valence electrons. The van der Waals surface area contributed by atoms with E-state index in [1.165, 1.54) is 24.2 Å². The van der Waals surface area contributed by atoms with E-state index < -0.39 is 0 Å². The maximum atomic E-state index is 4.39. The zero-order valence-electron chi connectivity index (χ0n) is 6.46. The lowest BCUT2D eigenvalue weighted by molar-refractivity contribution is 0.721. The number of aryl methyl sites for hydroxylation is 2. The monoisotopic (exact) mass is 136 g/mol. The highest BCUT2D eigenvalue weighted by molar-refractivity contribution is 5.17. The van der Waals surface area contributed by atoms with Crippen molar-refractivity contribution in [3.05, 3.63) is 17.5 Å². The van der Waals surface area contributed by atoms with Gasteiger partial charge in [0.05, 0.1) is 5.69 Å². The fraction of sp³-hybridized carbons (Fsp3) is 0.625. The van der Waals surface area contributed by atoms with Gasteiger partial charge in [-0.3, -0.25) is 4.68 Å². The van der Waals surface area contributed by atoms with E-state index in [0.717, 1.165) is 5.92 Å². The first-order valence-corrected chi connectivity index (χ1v) is 3.78. The minimum atomic E-state index is 0.792. The topological polar surface area (TPSA) is 17.8 Å². The maximum Gasteiger partial charge on any atom is 0.0658 e. The van der Waals surface area contributed by atoms with Crippen LogP contribution in [0.3, 0.4) is 0 Å². The quantitative estimate of drug-likeness (QED) is 0.573. The molecule has 1 saturated carbocycles. The molecule has 0 atom stereocenters. The van der Waals surface area contributed by atoms with Gasteiger partial charge in [-0.1, -0.05) is 0 Å². The highest BCUT2D eigenvalue weighted by Gasteiger charge is 2.26. The van der Waals surface area contributed by atoms with Crippen LogP contribution in [0.15, 0.2) is 6.07 Å². The molecular weight excluding hydrogens is 124 g/mol. The molecule has 0 aliphatic heterocycles. The fourth-order valence-corrected chi connectivity index (χ4v) is 1.17. The van der Waals surface area contributed by atoms with E-state index in [4.69, 9.17) is 0 Å². The van der Waals surface area contributed by atoms with Crippen molar-refractivity contribution in [3.63, 3.8) is 0 Å². The molecule has 0 radical (unpaired) electrons. The minimum Gasteiger partial charge on any atom is -0.273 e. The Balaban J connectivity index is 2.34. The zero-order chi connectivity index (χ0) is 7.14. The van der Waals surface area contributed by atoms with E-state index >= 15 is 0 Å². The average Bonchev–Trinajstić information content (AvgIpc) is 2.64. The van der Waals surface area contributed by atoms with Gasteiger partial charge in [0.2, 0.25) is 0 Å². The summed E-state index contributed by atoms with van der Waals surface area (Å²) < 4.78 is 1.95. The summed E-state index contributed by atoms with van der Waals surface area (Å²) in [4.78, 5) is 0. The largest absolute Gasteiger partial charge is 0.273 e. The van der Waals surface area contributed by atoms with Crippen molar-refractivity contribution >= 4 is 0 Å². The molecule has 0 unspecified atom stereocenters. The molecule has 2 heteroatoms. The highest BCUT2D eigenvalue weighted by atomic mass is 15.3. The van der Waals surface area contributed by atoms with Gasteiger partial charge in [-0.2, -0.15) is 5.10 Å². The van der Waals surface area contributed by atoms with Gasteiger partial charge in [-0.15, -0.1) is 0 Å². The van der Waals surface area contributed by atoms with Crippen LogP contribution in [0.4, 0.5) is 0 Å². The molecule has 0 amide bonds. The van der Waals surface area contributed by atoms with Crippen LogP contribution in [0, 0.1) is 6.92 Å². The van der Waals surface area contributed by atoms with Gasteiger partial charge < -0.3 is 0 Å². The van der Waals surface area contributed by atoms with Crippen molar-refractivity contribution in [1.29, 1.82) is 0 Å². The van der Waals surface area contributed by atoms with Crippen molar-refractivity contribution in [2.75, 3.05) is 0 Å². The van der Waals surface area contributed by atoms with Gasteiger partial charge in [-0.25, -0.2) is 0 Å². The lowest BCUT2D eigenvalue weighted by Crippen LogP contribution is -1.92. The van der Waals surface area contributed by atoms with Gasteiger partial charge in [0.1, 0.15) is 0 Å². The van der Waals surface area contributed by atoms with Crippen LogP contribution < -0.4 is 0 Å². The van der Waals surface area contributed by atoms with Crippen LogP contribution >= 0.6 is 0 Å². The fourth-order valence-electron chi connectivity index (χ4n) is 1.17. The van der Waals surface area contributed by atoms with Gasteiger partial charge in [0, 0.05) is 18.7 Å².